The van der Waals surface area contributed by atoms with Crippen molar-refractivity contribution in [1.29, 1.82) is 0 Å². The Balaban J connectivity index is 0.800. The fourth-order valence-corrected chi connectivity index (χ4v) is 8.85. The van der Waals surface area contributed by atoms with Gasteiger partial charge < -0.3 is 19.5 Å². The Morgan fingerprint density at radius 3 is 2.02 bits per heavy atom. The van der Waals surface area contributed by atoms with Crippen molar-refractivity contribution in [2.45, 2.75) is 115 Å². The molecule has 3 aromatic carbocycles. The van der Waals surface area contributed by atoms with Gasteiger partial charge in [0.2, 0.25) is 21.8 Å². The van der Waals surface area contributed by atoms with Gasteiger partial charge in [-0.25, -0.2) is 23.5 Å². The number of hydrogen-bond donors (Lipinski definition) is 3. The molecule has 3 heterocycles. The van der Waals surface area contributed by atoms with Gasteiger partial charge in [0.25, 0.3) is 11.8 Å². The summed E-state index contributed by atoms with van der Waals surface area (Å²) in [5, 5.41) is 10.7. The van der Waals surface area contributed by atoms with Crippen molar-refractivity contribution < 1.29 is 41.8 Å². The van der Waals surface area contributed by atoms with Gasteiger partial charge in [0.1, 0.15) is 35.7 Å². The van der Waals surface area contributed by atoms with Crippen LogP contribution in [0.4, 0.5) is 5.69 Å². The number of anilines is 1. The number of rotatable bonds is 26. The molecule has 0 bridgehead atoms. The second-order valence-corrected chi connectivity index (χ2v) is 17.9. The Bertz CT molecular complexity index is 2340. The van der Waals surface area contributed by atoms with Crippen LogP contribution in [0.5, 0.6) is 11.5 Å². The van der Waals surface area contributed by atoms with Gasteiger partial charge in [-0.05, 0) is 105 Å². The van der Waals surface area contributed by atoms with Gasteiger partial charge in [-0.2, -0.15) is 0 Å². The molecule has 4 aromatic rings. The molecule has 342 valence electrons. The van der Waals surface area contributed by atoms with E-state index in [9.17, 15) is 27.6 Å². The SMILES string of the molecule is CCC(CC)(c1ccc(OCCCCCCCCOCCCCNc2ccc3c(c2)C(=O)N(C2CCC(=O)NC2=O)C3=O)cc1)c1ccc(OCc2ccnc(CS(N)(=O)=O)n2)cc1. The van der Waals surface area contributed by atoms with Crippen LogP contribution in [0, 0.1) is 0 Å². The van der Waals surface area contributed by atoms with Crippen molar-refractivity contribution in [3.63, 3.8) is 0 Å². The Kier molecular flexibility index (Phi) is 17.0. The molecular weight excluding hydrogens is 837 g/mol. The first kappa shape index (κ1) is 47.8. The molecule has 2 aliphatic rings. The first-order valence-electron chi connectivity index (χ1n) is 22.4. The molecule has 0 radical (unpaired) electrons. The number of carbonyl (C=O) groups is 4. The fourth-order valence-electron chi connectivity index (χ4n) is 8.35. The lowest BCUT2D eigenvalue weighted by molar-refractivity contribution is -0.136. The van der Waals surface area contributed by atoms with Crippen molar-refractivity contribution in [3.8, 4) is 11.5 Å². The number of benzene rings is 3. The van der Waals surface area contributed by atoms with Gasteiger partial charge in [0.15, 0.2) is 0 Å². The minimum absolute atomic E-state index is 0.0877. The molecule has 2 aliphatic heterocycles. The lowest BCUT2D eigenvalue weighted by Crippen LogP contribution is -2.54. The Morgan fingerprint density at radius 2 is 1.38 bits per heavy atom. The molecule has 1 fully saturated rings. The molecule has 1 atom stereocenters. The van der Waals surface area contributed by atoms with E-state index in [4.69, 9.17) is 19.3 Å². The molecule has 1 saturated heterocycles. The highest BCUT2D eigenvalue weighted by molar-refractivity contribution is 7.88. The number of unbranched alkanes of at least 4 members (excludes halogenated alkanes) is 6. The topological polar surface area (TPSA) is 209 Å². The molecule has 4 amide bonds. The van der Waals surface area contributed by atoms with Crippen LogP contribution in [0.15, 0.2) is 79.0 Å². The van der Waals surface area contributed by atoms with Crippen LogP contribution >= 0.6 is 0 Å². The monoisotopic (exact) mass is 896 g/mol. The number of nitrogens with one attached hydrogen (secondary N) is 2. The third kappa shape index (κ3) is 12.7. The summed E-state index contributed by atoms with van der Waals surface area (Å²) in [7, 11) is -3.73. The Labute approximate surface area is 375 Å². The van der Waals surface area contributed by atoms with Gasteiger partial charge >= 0.3 is 0 Å². The molecule has 1 aromatic heterocycles. The summed E-state index contributed by atoms with van der Waals surface area (Å²) in [6, 6.07) is 22.3. The molecule has 0 saturated carbocycles. The van der Waals surface area contributed by atoms with Crippen LogP contribution in [0.25, 0.3) is 0 Å². The van der Waals surface area contributed by atoms with E-state index in [2.05, 4.69) is 70.8 Å². The van der Waals surface area contributed by atoms with E-state index < -0.39 is 45.4 Å². The average Bonchev–Trinajstić information content (AvgIpc) is 3.52. The molecule has 4 N–H and O–H groups in total. The number of imide groups is 2. The minimum Gasteiger partial charge on any atom is -0.494 e. The van der Waals surface area contributed by atoms with E-state index in [0.29, 0.717) is 31.2 Å². The number of nitrogens with two attached hydrogens (primary N) is 1. The van der Waals surface area contributed by atoms with E-state index in [-0.39, 0.29) is 41.8 Å². The average molecular weight is 897 g/mol. The van der Waals surface area contributed by atoms with Crippen LogP contribution in [0.2, 0.25) is 0 Å². The van der Waals surface area contributed by atoms with Crippen LogP contribution in [-0.4, -0.2) is 79.3 Å². The highest BCUT2D eigenvalue weighted by Crippen LogP contribution is 2.40. The normalized spacial score (nSPS) is 15.3. The summed E-state index contributed by atoms with van der Waals surface area (Å²) in [6.45, 7) is 7.39. The largest absolute Gasteiger partial charge is 0.494 e. The smallest absolute Gasteiger partial charge is 0.262 e. The zero-order valence-corrected chi connectivity index (χ0v) is 37.6. The van der Waals surface area contributed by atoms with Crippen LogP contribution < -0.4 is 25.2 Å². The fraction of sp³-hybridized carbons (Fsp3) is 0.458. The Morgan fingerprint density at radius 1 is 0.766 bits per heavy atom. The van der Waals surface area contributed by atoms with E-state index in [1.165, 1.54) is 17.3 Å². The summed E-state index contributed by atoms with van der Waals surface area (Å²) >= 11 is 0. The standard InChI is InChI=1S/C48H60N6O9S/c1-3-48(4-2,35-15-20-39(21-16-35)63-32-37-25-27-51-43(52-37)33-64(49,59)60)34-13-18-38(19-14-34)62-30-11-8-6-5-7-10-28-61-29-12-9-26-50-36-17-22-40-41(31-36)47(58)54(46(40)57)42-23-24-44(55)53-45(42)56/h13-22,25,27,31,42,50H,3-12,23-24,26,28-30,32-33H2,1-2H3,(H2,49,59,60)(H,53,55,56). The molecule has 15 nitrogen and oxygen atoms in total. The van der Waals surface area contributed by atoms with Gasteiger partial charge in [-0.15, -0.1) is 0 Å². The first-order chi connectivity index (χ1) is 30.9. The molecule has 0 aliphatic carbocycles. The van der Waals surface area contributed by atoms with Crippen LogP contribution in [0.3, 0.4) is 0 Å². The molecule has 1 unspecified atom stereocenters. The number of primary sulfonamides is 1. The van der Waals surface area contributed by atoms with E-state index in [0.717, 1.165) is 87.2 Å². The third-order valence-electron chi connectivity index (χ3n) is 11.9. The number of sulfonamides is 1. The number of hydrogen-bond acceptors (Lipinski definition) is 12. The lowest BCUT2D eigenvalue weighted by Gasteiger charge is -2.33. The predicted molar refractivity (Wildman–Crippen MR) is 242 cm³/mol. The first-order valence-corrected chi connectivity index (χ1v) is 24.1. The number of carbonyl (C=O) groups excluding carboxylic acids is 4. The quantitative estimate of drug-likeness (QED) is 0.0431. The second kappa shape index (κ2) is 22.8. The van der Waals surface area contributed by atoms with E-state index >= 15 is 0 Å². The highest BCUT2D eigenvalue weighted by atomic mass is 32.2. The molecule has 64 heavy (non-hydrogen) atoms. The van der Waals surface area contributed by atoms with Gasteiger partial charge in [0, 0.05) is 43.5 Å². The molecule has 6 rings (SSSR count). The van der Waals surface area contributed by atoms with Gasteiger partial charge in [-0.3, -0.25) is 29.4 Å². The maximum absolute atomic E-state index is 13.1. The summed E-state index contributed by atoms with van der Waals surface area (Å²) in [6.07, 6.45) is 12.0. The highest BCUT2D eigenvalue weighted by Gasteiger charge is 2.44. The van der Waals surface area contributed by atoms with E-state index in [1.54, 1.807) is 24.3 Å². The van der Waals surface area contributed by atoms with Crippen LogP contribution in [0.1, 0.15) is 134 Å². The second-order valence-electron chi connectivity index (χ2n) is 16.3. The van der Waals surface area contributed by atoms with Gasteiger partial charge in [0.05, 0.1) is 23.4 Å². The van der Waals surface area contributed by atoms with Crippen molar-refractivity contribution in [1.82, 2.24) is 20.2 Å². The number of nitrogens with zero attached hydrogens (tertiary/aromatic N) is 3. The lowest BCUT2D eigenvalue weighted by atomic mass is 9.70. The zero-order chi connectivity index (χ0) is 45.5. The summed E-state index contributed by atoms with van der Waals surface area (Å²) < 4.78 is 40.7. The molecule has 0 spiro atoms. The van der Waals surface area contributed by atoms with Gasteiger partial charge in [-0.1, -0.05) is 63.8 Å². The van der Waals surface area contributed by atoms with Crippen molar-refractivity contribution in [2.75, 3.05) is 31.7 Å². The maximum Gasteiger partial charge on any atom is 0.262 e. The van der Waals surface area contributed by atoms with Crippen molar-refractivity contribution >= 4 is 39.3 Å². The van der Waals surface area contributed by atoms with Crippen LogP contribution in [-0.2, 0) is 42.1 Å². The minimum atomic E-state index is -3.73. The summed E-state index contributed by atoms with van der Waals surface area (Å²) in [4.78, 5) is 59.0. The number of amides is 4. The van der Waals surface area contributed by atoms with Crippen molar-refractivity contribution in [3.05, 3.63) is 113 Å². The molecular formula is C48H60N6O9S. The number of piperidine rings is 1. The van der Waals surface area contributed by atoms with Crippen molar-refractivity contribution in [2.24, 2.45) is 5.14 Å². The Hall–Kier alpha value is -5.71. The molecule has 16 heteroatoms. The number of ether oxygens (including phenoxy) is 3. The predicted octanol–water partition coefficient (Wildman–Crippen LogP) is 6.98. The van der Waals surface area contributed by atoms with E-state index in [1.807, 2.05) is 12.1 Å². The zero-order valence-electron chi connectivity index (χ0n) is 36.8. The third-order valence-corrected chi connectivity index (χ3v) is 12.6. The summed E-state index contributed by atoms with van der Waals surface area (Å²) in [5.41, 5.74) is 4.10. The maximum atomic E-state index is 13.1. The number of fused-ring (bicyclic) bond motifs is 1. The summed E-state index contributed by atoms with van der Waals surface area (Å²) in [5.74, 6) is -0.772. The number of aromatic nitrogens is 2.